The fourth-order valence-electron chi connectivity index (χ4n) is 4.93. The summed E-state index contributed by atoms with van der Waals surface area (Å²) in [6.07, 6.45) is 0. The van der Waals surface area contributed by atoms with E-state index in [4.69, 9.17) is 9.15 Å². The number of para-hydroxylation sites is 1. The van der Waals surface area contributed by atoms with Gasteiger partial charge in [-0.1, -0.05) is 41.7 Å². The molecule has 0 fully saturated rings. The number of anilines is 1. The monoisotopic (exact) mass is 536 g/mol. The molecule has 7 nitrogen and oxygen atoms in total. The van der Waals surface area contributed by atoms with Gasteiger partial charge >= 0.3 is 0 Å². The minimum Gasteiger partial charge on any atom is -0.457 e. The summed E-state index contributed by atoms with van der Waals surface area (Å²) in [5.74, 6) is 0.572. The molecule has 194 valence electrons. The molecule has 1 amide bonds. The quantitative estimate of drug-likeness (QED) is 0.227. The van der Waals surface area contributed by atoms with E-state index in [9.17, 15) is 14.4 Å². The lowest BCUT2D eigenvalue weighted by atomic mass is 9.97. The maximum atomic E-state index is 14.0. The van der Waals surface area contributed by atoms with Gasteiger partial charge in [0.1, 0.15) is 17.1 Å². The third-order valence-corrected chi connectivity index (χ3v) is 8.21. The van der Waals surface area contributed by atoms with Crippen molar-refractivity contribution >= 4 is 39.1 Å². The van der Waals surface area contributed by atoms with Gasteiger partial charge < -0.3 is 9.15 Å². The number of aryl methyl sites for hydroxylation is 3. The normalized spacial score (nSPS) is 14.6. The summed E-state index contributed by atoms with van der Waals surface area (Å²) in [5.41, 5.74) is 3.42. The van der Waals surface area contributed by atoms with Crippen molar-refractivity contribution in [1.82, 2.24) is 4.98 Å². The number of nitrogens with zero attached hydrogens (tertiary/aromatic N) is 2. The molecule has 3 heterocycles. The molecule has 5 aromatic rings. The molecule has 0 radical (unpaired) electrons. The van der Waals surface area contributed by atoms with Gasteiger partial charge in [0, 0.05) is 6.92 Å². The zero-order chi connectivity index (χ0) is 27.4. The van der Waals surface area contributed by atoms with Crippen LogP contribution in [-0.4, -0.2) is 16.7 Å². The molecule has 0 aliphatic carbocycles. The van der Waals surface area contributed by atoms with Crippen LogP contribution < -0.4 is 15.1 Å². The number of ketones is 1. The molecule has 0 saturated heterocycles. The molecule has 1 unspecified atom stereocenters. The number of Topliss-reactive ketones (excluding diaryl/α,β-unsaturated/α-hetero) is 1. The fraction of sp³-hybridized carbons (Fsp3) is 0.161. The highest BCUT2D eigenvalue weighted by molar-refractivity contribution is 7.17. The summed E-state index contributed by atoms with van der Waals surface area (Å²) < 4.78 is 12.2. The van der Waals surface area contributed by atoms with Crippen molar-refractivity contribution in [1.29, 1.82) is 0 Å². The van der Waals surface area contributed by atoms with Crippen LogP contribution in [0.4, 0.5) is 5.13 Å². The Kier molecular flexibility index (Phi) is 5.92. The third kappa shape index (κ3) is 4.13. The molecule has 6 rings (SSSR count). The predicted octanol–water partition coefficient (Wildman–Crippen LogP) is 6.92. The summed E-state index contributed by atoms with van der Waals surface area (Å²) in [6, 6.07) is 19.4. The van der Waals surface area contributed by atoms with Gasteiger partial charge in [0.25, 0.3) is 5.91 Å². The number of aromatic nitrogens is 1. The van der Waals surface area contributed by atoms with Gasteiger partial charge in [-0.3, -0.25) is 19.3 Å². The first-order valence-electron chi connectivity index (χ1n) is 12.5. The Morgan fingerprint density at radius 1 is 0.949 bits per heavy atom. The second kappa shape index (κ2) is 9.32. The van der Waals surface area contributed by atoms with Crippen LogP contribution in [0.2, 0.25) is 0 Å². The SMILES string of the molecule is CC(=O)c1sc(N2C(=O)c3oc4cc(C)c(C)cc4c(=O)c3C2c2cccc(Oc3ccccc3)c2)nc1C. The van der Waals surface area contributed by atoms with E-state index in [2.05, 4.69) is 4.98 Å². The van der Waals surface area contributed by atoms with Gasteiger partial charge in [-0.15, -0.1) is 0 Å². The van der Waals surface area contributed by atoms with E-state index >= 15 is 0 Å². The van der Waals surface area contributed by atoms with E-state index in [0.29, 0.717) is 43.7 Å². The van der Waals surface area contributed by atoms with Crippen LogP contribution in [0.1, 0.15) is 61.1 Å². The molecule has 39 heavy (non-hydrogen) atoms. The van der Waals surface area contributed by atoms with E-state index in [0.717, 1.165) is 22.5 Å². The van der Waals surface area contributed by atoms with E-state index in [1.807, 2.05) is 68.4 Å². The lowest BCUT2D eigenvalue weighted by Gasteiger charge is -2.23. The summed E-state index contributed by atoms with van der Waals surface area (Å²) in [7, 11) is 0. The first-order chi connectivity index (χ1) is 18.7. The van der Waals surface area contributed by atoms with Crippen molar-refractivity contribution in [3.63, 3.8) is 0 Å². The number of rotatable bonds is 5. The molecule has 1 aliphatic heterocycles. The number of ether oxygens (including phenoxy) is 1. The molecule has 3 aromatic carbocycles. The maximum absolute atomic E-state index is 14.0. The molecule has 1 atom stereocenters. The molecule has 0 spiro atoms. The molecule has 0 N–H and O–H groups in total. The molecule has 0 bridgehead atoms. The first kappa shape index (κ1) is 24.8. The van der Waals surface area contributed by atoms with Crippen LogP contribution in [0.25, 0.3) is 11.0 Å². The number of thiazole rings is 1. The number of amides is 1. The van der Waals surface area contributed by atoms with Crippen molar-refractivity contribution < 1.29 is 18.7 Å². The van der Waals surface area contributed by atoms with Crippen LogP contribution in [-0.2, 0) is 0 Å². The summed E-state index contributed by atoms with van der Waals surface area (Å²) >= 11 is 1.13. The van der Waals surface area contributed by atoms with Gasteiger partial charge in [-0.25, -0.2) is 4.98 Å². The summed E-state index contributed by atoms with van der Waals surface area (Å²) in [4.78, 5) is 46.7. The number of carbonyl (C=O) groups excluding carboxylic acids is 2. The number of fused-ring (bicyclic) bond motifs is 2. The van der Waals surface area contributed by atoms with Gasteiger partial charge in [0.05, 0.1) is 27.6 Å². The van der Waals surface area contributed by atoms with Gasteiger partial charge in [-0.05, 0) is 73.9 Å². The molecular weight excluding hydrogens is 512 g/mol. The van der Waals surface area contributed by atoms with Crippen molar-refractivity contribution in [2.45, 2.75) is 33.7 Å². The average molecular weight is 537 g/mol. The zero-order valence-corrected chi connectivity index (χ0v) is 22.6. The Hall–Kier alpha value is -4.56. The molecule has 2 aromatic heterocycles. The molecular formula is C31H24N2O5S. The highest BCUT2D eigenvalue weighted by atomic mass is 32.1. The number of hydrogen-bond acceptors (Lipinski definition) is 7. The maximum Gasteiger partial charge on any atom is 0.297 e. The fourth-order valence-corrected chi connectivity index (χ4v) is 5.91. The van der Waals surface area contributed by atoms with Gasteiger partial charge in [0.2, 0.25) is 5.76 Å². The average Bonchev–Trinajstić information content (AvgIpc) is 3.43. The predicted molar refractivity (Wildman–Crippen MR) is 150 cm³/mol. The van der Waals surface area contributed by atoms with E-state index in [1.165, 1.54) is 11.8 Å². The molecule has 0 saturated carbocycles. The number of hydrogen-bond donors (Lipinski definition) is 0. The standard InChI is InChI=1S/C31H24N2O5S/c1-16-13-23-24(14-17(16)2)38-28-25(27(23)35)26(33(30(28)36)31-32-18(3)29(39-31)19(4)34)20-9-8-12-22(15-20)37-21-10-6-5-7-11-21/h5-15,26H,1-4H3. The second-order valence-corrected chi connectivity index (χ2v) is 10.6. The lowest BCUT2D eigenvalue weighted by Crippen LogP contribution is -2.29. The minimum atomic E-state index is -0.820. The Labute approximate surface area is 228 Å². The topological polar surface area (TPSA) is 89.7 Å². The van der Waals surface area contributed by atoms with E-state index in [-0.39, 0.29) is 22.5 Å². The third-order valence-electron chi connectivity index (χ3n) is 6.95. The minimum absolute atomic E-state index is 0.0210. The Morgan fingerprint density at radius 3 is 2.38 bits per heavy atom. The highest BCUT2D eigenvalue weighted by Gasteiger charge is 2.45. The van der Waals surface area contributed by atoms with Crippen LogP contribution >= 0.6 is 11.3 Å². The van der Waals surface area contributed by atoms with E-state index in [1.54, 1.807) is 19.1 Å². The Bertz CT molecular complexity index is 1850. The van der Waals surface area contributed by atoms with Gasteiger partial charge in [0.15, 0.2) is 16.3 Å². The zero-order valence-electron chi connectivity index (χ0n) is 21.8. The van der Waals surface area contributed by atoms with Crippen LogP contribution in [0, 0.1) is 20.8 Å². The molecule has 8 heteroatoms. The lowest BCUT2D eigenvalue weighted by molar-refractivity contribution is 0.0969. The number of benzene rings is 3. The summed E-state index contributed by atoms with van der Waals surface area (Å²) in [6.45, 7) is 7.06. The Balaban J connectivity index is 1.57. The van der Waals surface area contributed by atoms with E-state index < -0.39 is 11.9 Å². The van der Waals surface area contributed by atoms with Crippen LogP contribution in [0.15, 0.2) is 75.9 Å². The van der Waals surface area contributed by atoms with Crippen LogP contribution in [0.3, 0.4) is 0 Å². The van der Waals surface area contributed by atoms with Crippen LogP contribution in [0.5, 0.6) is 11.5 Å². The summed E-state index contributed by atoms with van der Waals surface area (Å²) in [5, 5.41) is 0.734. The Morgan fingerprint density at radius 2 is 1.67 bits per heavy atom. The van der Waals surface area contributed by atoms with Gasteiger partial charge in [-0.2, -0.15) is 0 Å². The first-order valence-corrected chi connectivity index (χ1v) is 13.3. The molecule has 1 aliphatic rings. The largest absolute Gasteiger partial charge is 0.457 e. The van der Waals surface area contributed by atoms with Crippen molar-refractivity contribution in [3.8, 4) is 11.5 Å². The smallest absolute Gasteiger partial charge is 0.297 e. The highest BCUT2D eigenvalue weighted by Crippen LogP contribution is 2.44. The van der Waals surface area contributed by atoms with Crippen molar-refractivity contribution in [2.24, 2.45) is 0 Å². The number of carbonyl (C=O) groups is 2. The van der Waals surface area contributed by atoms with Crippen molar-refractivity contribution in [2.75, 3.05) is 4.90 Å². The van der Waals surface area contributed by atoms with Crippen molar-refractivity contribution in [3.05, 3.63) is 116 Å². The second-order valence-electron chi connectivity index (χ2n) is 9.64.